The van der Waals surface area contributed by atoms with E-state index in [-0.39, 0.29) is 16.6 Å². The zero-order valence-electron chi connectivity index (χ0n) is 11.5. The van der Waals surface area contributed by atoms with Crippen molar-refractivity contribution in [2.75, 3.05) is 6.26 Å². The van der Waals surface area contributed by atoms with Gasteiger partial charge in [0, 0.05) is 11.8 Å². The molecule has 1 atom stereocenters. The fourth-order valence-electron chi connectivity index (χ4n) is 2.00. The first-order chi connectivity index (χ1) is 9.82. The maximum Gasteiger partial charge on any atom is 0.251 e. The standard InChI is InChI=1S/C13H17N3O4S/c1-21(19,20)10-6-4-9(5-7-10)13(17)15-11(8-2-3-8)12(14)16-18/h4-8,11,18H,2-3H2,1H3,(H2,14,16)(H,15,17). The van der Waals surface area contributed by atoms with Gasteiger partial charge in [-0.3, -0.25) is 4.79 Å². The molecule has 1 unspecified atom stereocenters. The number of rotatable bonds is 5. The van der Waals surface area contributed by atoms with Gasteiger partial charge in [-0.2, -0.15) is 0 Å². The van der Waals surface area contributed by atoms with E-state index in [0.29, 0.717) is 5.56 Å². The van der Waals surface area contributed by atoms with Crippen LogP contribution in [0.3, 0.4) is 0 Å². The molecule has 0 aromatic heterocycles. The van der Waals surface area contributed by atoms with Gasteiger partial charge < -0.3 is 16.3 Å². The molecule has 1 aliphatic rings. The van der Waals surface area contributed by atoms with Gasteiger partial charge in [0.05, 0.1) is 10.9 Å². The number of carbonyl (C=O) groups excluding carboxylic acids is 1. The molecule has 2 rings (SSSR count). The highest BCUT2D eigenvalue weighted by Crippen LogP contribution is 2.32. The molecule has 0 bridgehead atoms. The van der Waals surface area contributed by atoms with Crippen LogP contribution in [0.15, 0.2) is 34.3 Å². The highest BCUT2D eigenvalue weighted by atomic mass is 32.2. The molecule has 4 N–H and O–H groups in total. The van der Waals surface area contributed by atoms with E-state index >= 15 is 0 Å². The van der Waals surface area contributed by atoms with Crippen LogP contribution in [0, 0.1) is 5.92 Å². The lowest BCUT2D eigenvalue weighted by Crippen LogP contribution is -2.46. The average Bonchev–Trinajstić information content (AvgIpc) is 3.27. The molecule has 114 valence electrons. The predicted molar refractivity (Wildman–Crippen MR) is 76.9 cm³/mol. The van der Waals surface area contributed by atoms with Crippen molar-refractivity contribution < 1.29 is 18.4 Å². The summed E-state index contributed by atoms with van der Waals surface area (Å²) in [4.78, 5) is 12.3. The van der Waals surface area contributed by atoms with E-state index in [1.165, 1.54) is 24.3 Å². The first-order valence-electron chi connectivity index (χ1n) is 6.41. The fraction of sp³-hybridized carbons (Fsp3) is 0.385. The van der Waals surface area contributed by atoms with E-state index in [9.17, 15) is 13.2 Å². The van der Waals surface area contributed by atoms with Crippen LogP contribution < -0.4 is 11.1 Å². The Balaban J connectivity index is 2.13. The quantitative estimate of drug-likeness (QED) is 0.313. The lowest BCUT2D eigenvalue weighted by molar-refractivity contribution is 0.0943. The number of benzene rings is 1. The molecule has 8 heteroatoms. The Hall–Kier alpha value is -2.09. The van der Waals surface area contributed by atoms with Crippen LogP contribution in [0.5, 0.6) is 0 Å². The molecule has 0 saturated heterocycles. The predicted octanol–water partition coefficient (Wildman–Crippen LogP) is 0.345. The minimum Gasteiger partial charge on any atom is -0.409 e. The summed E-state index contributed by atoms with van der Waals surface area (Å²) in [6, 6.07) is 5.11. The van der Waals surface area contributed by atoms with Crippen LogP contribution in [0.2, 0.25) is 0 Å². The zero-order chi connectivity index (χ0) is 15.6. The minimum absolute atomic E-state index is 0.0291. The van der Waals surface area contributed by atoms with Crippen LogP contribution in [-0.2, 0) is 9.84 Å². The van der Waals surface area contributed by atoms with Crippen molar-refractivity contribution in [1.29, 1.82) is 0 Å². The highest BCUT2D eigenvalue weighted by molar-refractivity contribution is 7.90. The number of nitrogens with one attached hydrogen (secondary N) is 1. The van der Waals surface area contributed by atoms with E-state index in [4.69, 9.17) is 10.9 Å². The molecule has 21 heavy (non-hydrogen) atoms. The summed E-state index contributed by atoms with van der Waals surface area (Å²) in [6.07, 6.45) is 2.92. The zero-order valence-corrected chi connectivity index (χ0v) is 12.3. The smallest absolute Gasteiger partial charge is 0.251 e. The van der Waals surface area contributed by atoms with Crippen molar-refractivity contribution in [2.45, 2.75) is 23.8 Å². The molecule has 7 nitrogen and oxygen atoms in total. The number of nitrogens with two attached hydrogens (primary N) is 1. The summed E-state index contributed by atoms with van der Waals surface area (Å²) in [5.74, 6) is -0.239. The third-order valence-electron chi connectivity index (χ3n) is 3.36. The molecule has 1 aromatic carbocycles. The third kappa shape index (κ3) is 3.72. The Kier molecular flexibility index (Phi) is 4.17. The van der Waals surface area contributed by atoms with Gasteiger partial charge in [-0.15, -0.1) is 0 Å². The number of hydrogen-bond donors (Lipinski definition) is 3. The van der Waals surface area contributed by atoms with Crippen LogP contribution in [0.4, 0.5) is 0 Å². The molecule has 1 saturated carbocycles. The minimum atomic E-state index is -3.29. The van der Waals surface area contributed by atoms with E-state index in [0.717, 1.165) is 19.1 Å². The molecule has 0 heterocycles. The van der Waals surface area contributed by atoms with Crippen molar-refractivity contribution in [3.63, 3.8) is 0 Å². The Morgan fingerprint density at radius 3 is 2.38 bits per heavy atom. The molecule has 0 aliphatic heterocycles. The molecule has 0 radical (unpaired) electrons. The van der Waals surface area contributed by atoms with Crippen LogP contribution >= 0.6 is 0 Å². The fourth-order valence-corrected chi connectivity index (χ4v) is 2.63. The van der Waals surface area contributed by atoms with E-state index in [1.54, 1.807) is 0 Å². The van der Waals surface area contributed by atoms with Gasteiger partial charge in [-0.25, -0.2) is 8.42 Å². The van der Waals surface area contributed by atoms with E-state index in [2.05, 4.69) is 10.5 Å². The van der Waals surface area contributed by atoms with Gasteiger partial charge in [0.15, 0.2) is 15.7 Å². The first kappa shape index (κ1) is 15.3. The molecule has 1 amide bonds. The maximum absolute atomic E-state index is 12.1. The number of carbonyl (C=O) groups is 1. The molecule has 0 spiro atoms. The van der Waals surface area contributed by atoms with Crippen molar-refractivity contribution >= 4 is 21.6 Å². The van der Waals surface area contributed by atoms with Gasteiger partial charge in [0.2, 0.25) is 0 Å². The van der Waals surface area contributed by atoms with Crippen molar-refractivity contribution in [1.82, 2.24) is 5.32 Å². The number of amides is 1. The summed E-state index contributed by atoms with van der Waals surface area (Å²) in [6.45, 7) is 0. The summed E-state index contributed by atoms with van der Waals surface area (Å²) < 4.78 is 22.7. The molecule has 1 fully saturated rings. The largest absolute Gasteiger partial charge is 0.409 e. The third-order valence-corrected chi connectivity index (χ3v) is 4.49. The Morgan fingerprint density at radius 1 is 1.38 bits per heavy atom. The first-order valence-corrected chi connectivity index (χ1v) is 8.30. The average molecular weight is 311 g/mol. The van der Waals surface area contributed by atoms with E-state index < -0.39 is 21.8 Å². The summed E-state index contributed by atoms with van der Waals surface area (Å²) >= 11 is 0. The van der Waals surface area contributed by atoms with Gasteiger partial charge >= 0.3 is 0 Å². The topological polar surface area (TPSA) is 122 Å². The van der Waals surface area contributed by atoms with E-state index in [1.807, 2.05) is 0 Å². The lowest BCUT2D eigenvalue weighted by atomic mass is 10.1. The Labute approximate surface area is 122 Å². The summed E-state index contributed by atoms with van der Waals surface area (Å²) in [5, 5.41) is 14.4. The van der Waals surface area contributed by atoms with Gasteiger partial charge in [0.25, 0.3) is 5.91 Å². The van der Waals surface area contributed by atoms with Crippen molar-refractivity contribution in [3.8, 4) is 0 Å². The van der Waals surface area contributed by atoms with Crippen LogP contribution in [-0.4, -0.2) is 37.7 Å². The Morgan fingerprint density at radius 2 is 1.95 bits per heavy atom. The Bertz CT molecular complexity index is 663. The lowest BCUT2D eigenvalue weighted by Gasteiger charge is -2.16. The second kappa shape index (κ2) is 5.72. The van der Waals surface area contributed by atoms with Crippen molar-refractivity contribution in [3.05, 3.63) is 29.8 Å². The van der Waals surface area contributed by atoms with Crippen molar-refractivity contribution in [2.24, 2.45) is 16.8 Å². The summed E-state index contributed by atoms with van der Waals surface area (Å²) in [7, 11) is -3.29. The van der Waals surface area contributed by atoms with Gasteiger partial charge in [-0.1, -0.05) is 5.16 Å². The molecule has 1 aliphatic carbocycles. The number of oxime groups is 1. The van der Waals surface area contributed by atoms with Crippen LogP contribution in [0.1, 0.15) is 23.2 Å². The second-order valence-electron chi connectivity index (χ2n) is 5.11. The van der Waals surface area contributed by atoms with Gasteiger partial charge in [-0.05, 0) is 43.0 Å². The highest BCUT2D eigenvalue weighted by Gasteiger charge is 2.35. The molecular weight excluding hydrogens is 294 g/mol. The SMILES string of the molecule is CS(=O)(=O)c1ccc(C(=O)NC(C(N)=NO)C2CC2)cc1. The number of hydrogen-bond acceptors (Lipinski definition) is 5. The normalized spacial score (nSPS) is 17.3. The number of sulfone groups is 1. The van der Waals surface area contributed by atoms with Gasteiger partial charge in [0.1, 0.15) is 0 Å². The number of amidine groups is 1. The van der Waals surface area contributed by atoms with Crippen LogP contribution in [0.25, 0.3) is 0 Å². The monoisotopic (exact) mass is 311 g/mol. The second-order valence-corrected chi connectivity index (χ2v) is 7.13. The maximum atomic E-state index is 12.1. The molecule has 1 aromatic rings. The number of nitrogens with zero attached hydrogens (tertiary/aromatic N) is 1. The summed E-state index contributed by atoms with van der Waals surface area (Å²) in [5.41, 5.74) is 5.89. The molecular formula is C13H17N3O4S.